The molecule has 26 heavy (non-hydrogen) atoms. The molecule has 1 aromatic carbocycles. The van der Waals surface area contributed by atoms with Crippen LogP contribution in [-0.2, 0) is 31.0 Å². The zero-order valence-corrected chi connectivity index (χ0v) is 14.9. The van der Waals surface area contributed by atoms with Crippen LogP contribution in [0.15, 0.2) is 30.3 Å². The molecule has 2 N–H and O–H groups in total. The summed E-state index contributed by atoms with van der Waals surface area (Å²) < 4.78 is 1.98. The van der Waals surface area contributed by atoms with Gasteiger partial charge in [-0.05, 0) is 24.1 Å². The van der Waals surface area contributed by atoms with Crippen LogP contribution >= 0.6 is 0 Å². The van der Waals surface area contributed by atoms with E-state index in [0.717, 1.165) is 36.6 Å². The number of nitrogens with zero attached hydrogens (tertiary/aromatic N) is 3. The molecule has 4 rings (SSSR count). The number of amides is 2. The summed E-state index contributed by atoms with van der Waals surface area (Å²) in [5.41, 5.74) is 3.67. The van der Waals surface area contributed by atoms with Crippen molar-refractivity contribution in [3.63, 3.8) is 0 Å². The molecular weight excluding hydrogens is 330 g/mol. The fourth-order valence-electron chi connectivity index (χ4n) is 3.71. The number of rotatable bonds is 5. The van der Waals surface area contributed by atoms with Crippen LogP contribution in [0.2, 0.25) is 0 Å². The molecule has 0 spiro atoms. The molecule has 7 heteroatoms. The van der Waals surface area contributed by atoms with E-state index >= 15 is 0 Å². The van der Waals surface area contributed by atoms with Gasteiger partial charge in [0, 0.05) is 25.2 Å². The van der Waals surface area contributed by atoms with Gasteiger partial charge in [0.2, 0.25) is 5.91 Å². The molecule has 1 atom stereocenters. The Bertz CT molecular complexity index is 821. The molecule has 136 valence electrons. The van der Waals surface area contributed by atoms with Crippen LogP contribution in [0, 0.1) is 0 Å². The van der Waals surface area contributed by atoms with Crippen LogP contribution in [0.4, 0.5) is 0 Å². The lowest BCUT2D eigenvalue weighted by molar-refractivity contribution is -0.126. The zero-order chi connectivity index (χ0) is 18.1. The summed E-state index contributed by atoms with van der Waals surface area (Å²) in [5, 5.41) is 10.8. The van der Waals surface area contributed by atoms with Crippen LogP contribution in [0.1, 0.15) is 40.7 Å². The lowest BCUT2D eigenvalue weighted by atomic mass is 10.1. The second-order valence-corrected chi connectivity index (χ2v) is 6.76. The average Bonchev–Trinajstić information content (AvgIpc) is 3.22. The van der Waals surface area contributed by atoms with Gasteiger partial charge in [-0.1, -0.05) is 25.1 Å². The average molecular weight is 353 g/mol. The molecule has 0 saturated heterocycles. The molecule has 7 nitrogen and oxygen atoms in total. The van der Waals surface area contributed by atoms with E-state index in [2.05, 4.69) is 15.7 Å². The molecule has 3 heterocycles. The summed E-state index contributed by atoms with van der Waals surface area (Å²) in [7, 11) is 0. The minimum atomic E-state index is -0.464. The van der Waals surface area contributed by atoms with Gasteiger partial charge in [0.05, 0.1) is 24.5 Å². The first-order valence-corrected chi connectivity index (χ1v) is 9.10. The van der Waals surface area contributed by atoms with E-state index in [-0.39, 0.29) is 11.8 Å². The monoisotopic (exact) mass is 353 g/mol. The third-order valence-electron chi connectivity index (χ3n) is 5.08. The second kappa shape index (κ2) is 6.92. The highest BCUT2D eigenvalue weighted by Gasteiger charge is 2.35. The van der Waals surface area contributed by atoms with E-state index in [1.807, 2.05) is 41.9 Å². The minimum Gasteiger partial charge on any atom is -0.349 e. The van der Waals surface area contributed by atoms with Gasteiger partial charge < -0.3 is 15.5 Å². The highest BCUT2D eigenvalue weighted by atomic mass is 16.2. The first-order chi connectivity index (χ1) is 12.7. The lowest BCUT2D eigenvalue weighted by Crippen LogP contribution is -2.46. The van der Waals surface area contributed by atoms with E-state index < -0.39 is 6.04 Å². The van der Waals surface area contributed by atoms with Crippen molar-refractivity contribution in [3.8, 4) is 0 Å². The number of fused-ring (bicyclic) bond motifs is 2. The van der Waals surface area contributed by atoms with Gasteiger partial charge in [-0.15, -0.1) is 0 Å². The first kappa shape index (κ1) is 16.8. The van der Waals surface area contributed by atoms with Crippen molar-refractivity contribution in [2.75, 3.05) is 6.54 Å². The van der Waals surface area contributed by atoms with Gasteiger partial charge in [0.25, 0.3) is 5.91 Å². The molecular formula is C19H23N5O2. The normalized spacial score (nSPS) is 17.0. The highest BCUT2D eigenvalue weighted by molar-refractivity contribution is 6.01. The molecule has 0 aliphatic carbocycles. The number of carbonyl (C=O) groups excluding carboxylic acids is 2. The molecule has 2 amide bonds. The van der Waals surface area contributed by atoms with Crippen LogP contribution in [-0.4, -0.2) is 39.1 Å². The minimum absolute atomic E-state index is 0.0638. The second-order valence-electron chi connectivity index (χ2n) is 6.76. The molecule has 2 aromatic rings. The molecule has 0 bridgehead atoms. The molecule has 0 saturated carbocycles. The highest BCUT2D eigenvalue weighted by Crippen LogP contribution is 2.25. The van der Waals surface area contributed by atoms with Crippen molar-refractivity contribution in [1.29, 1.82) is 0 Å². The summed E-state index contributed by atoms with van der Waals surface area (Å²) in [6, 6.07) is 9.11. The van der Waals surface area contributed by atoms with Crippen LogP contribution in [0.3, 0.4) is 0 Å². The zero-order valence-electron chi connectivity index (χ0n) is 14.9. The summed E-state index contributed by atoms with van der Waals surface area (Å²) in [6.45, 7) is 5.37. The topological polar surface area (TPSA) is 79.3 Å². The maximum absolute atomic E-state index is 12.7. The third-order valence-corrected chi connectivity index (χ3v) is 5.08. The lowest BCUT2D eigenvalue weighted by Gasteiger charge is -2.25. The number of nitrogens with one attached hydrogen (secondary N) is 2. The van der Waals surface area contributed by atoms with E-state index in [1.54, 1.807) is 4.90 Å². The first-order valence-electron chi connectivity index (χ1n) is 9.10. The van der Waals surface area contributed by atoms with Gasteiger partial charge in [0.15, 0.2) is 0 Å². The Hall–Kier alpha value is -2.67. The van der Waals surface area contributed by atoms with E-state index in [0.29, 0.717) is 25.1 Å². The molecule has 0 unspecified atom stereocenters. The maximum atomic E-state index is 12.7. The Labute approximate surface area is 152 Å². The number of carbonyl (C=O) groups is 2. The van der Waals surface area contributed by atoms with Gasteiger partial charge in [0.1, 0.15) is 6.04 Å². The van der Waals surface area contributed by atoms with Gasteiger partial charge in [-0.25, -0.2) is 0 Å². The van der Waals surface area contributed by atoms with Crippen LogP contribution < -0.4 is 10.6 Å². The third kappa shape index (κ3) is 2.99. The Morgan fingerprint density at radius 2 is 2.23 bits per heavy atom. The molecule has 2 aliphatic heterocycles. The Morgan fingerprint density at radius 1 is 1.38 bits per heavy atom. The summed E-state index contributed by atoms with van der Waals surface area (Å²) in [5.74, 6) is -0.191. The van der Waals surface area contributed by atoms with Gasteiger partial charge in [-0.3, -0.25) is 14.3 Å². The number of hydrogen-bond acceptors (Lipinski definition) is 4. The summed E-state index contributed by atoms with van der Waals surface area (Å²) in [4.78, 5) is 27.0. The standard InChI is InChI=1S/C19H23N5O2/c1-2-17(23-12-13-5-3-4-6-16(13)19(23)26)18(25)21-10-14-9-15-11-20-7-8-24(15)22-14/h3-6,9,17,20H,2,7-8,10-12H2,1H3,(H,21,25)/t17-/m1/s1. The Balaban J connectivity index is 1.42. The quantitative estimate of drug-likeness (QED) is 0.842. The SMILES string of the molecule is CC[C@H](C(=O)NCc1cc2n(n1)CCNC2)N1Cc2ccccc2C1=O. The molecule has 0 fully saturated rings. The maximum Gasteiger partial charge on any atom is 0.255 e. The van der Waals surface area contributed by atoms with Crippen LogP contribution in [0.5, 0.6) is 0 Å². The van der Waals surface area contributed by atoms with E-state index in [4.69, 9.17) is 0 Å². The van der Waals surface area contributed by atoms with E-state index in [1.165, 1.54) is 0 Å². The Morgan fingerprint density at radius 3 is 3.00 bits per heavy atom. The summed E-state index contributed by atoms with van der Waals surface area (Å²) in [6.07, 6.45) is 0.579. The fourth-order valence-corrected chi connectivity index (χ4v) is 3.71. The van der Waals surface area contributed by atoms with Crippen molar-refractivity contribution in [2.24, 2.45) is 0 Å². The molecule has 2 aliphatic rings. The number of aromatic nitrogens is 2. The van der Waals surface area contributed by atoms with Crippen molar-refractivity contribution in [2.45, 2.75) is 45.6 Å². The molecule has 0 radical (unpaired) electrons. The van der Waals surface area contributed by atoms with Gasteiger partial charge in [-0.2, -0.15) is 5.10 Å². The molecule has 1 aromatic heterocycles. The predicted octanol–water partition coefficient (Wildman–Crippen LogP) is 1.04. The Kier molecular flexibility index (Phi) is 4.46. The van der Waals surface area contributed by atoms with Crippen molar-refractivity contribution >= 4 is 11.8 Å². The van der Waals surface area contributed by atoms with Crippen LogP contribution in [0.25, 0.3) is 0 Å². The van der Waals surface area contributed by atoms with Crippen molar-refractivity contribution in [3.05, 3.63) is 52.8 Å². The number of benzene rings is 1. The fraction of sp³-hybridized carbons (Fsp3) is 0.421. The van der Waals surface area contributed by atoms with Crippen molar-refractivity contribution < 1.29 is 9.59 Å². The van der Waals surface area contributed by atoms with Crippen molar-refractivity contribution in [1.82, 2.24) is 25.3 Å². The van der Waals surface area contributed by atoms with Gasteiger partial charge >= 0.3 is 0 Å². The van der Waals surface area contributed by atoms with E-state index in [9.17, 15) is 9.59 Å². The number of hydrogen-bond donors (Lipinski definition) is 2. The summed E-state index contributed by atoms with van der Waals surface area (Å²) >= 11 is 0. The smallest absolute Gasteiger partial charge is 0.255 e. The predicted molar refractivity (Wildman–Crippen MR) is 96.2 cm³/mol. The largest absolute Gasteiger partial charge is 0.349 e.